The van der Waals surface area contributed by atoms with Gasteiger partial charge in [-0.15, -0.1) is 11.3 Å². The van der Waals surface area contributed by atoms with Gasteiger partial charge in [-0.1, -0.05) is 18.2 Å². The number of rotatable bonds is 4. The van der Waals surface area contributed by atoms with Crippen molar-refractivity contribution in [1.29, 1.82) is 0 Å². The van der Waals surface area contributed by atoms with Crippen LogP contribution in [0.1, 0.15) is 14.5 Å². The van der Waals surface area contributed by atoms with Crippen molar-refractivity contribution < 1.29 is 13.2 Å². The zero-order valence-electron chi connectivity index (χ0n) is 13.3. The highest BCUT2D eigenvalue weighted by atomic mass is 32.2. The summed E-state index contributed by atoms with van der Waals surface area (Å²) in [5.74, 6) is -0.599. The monoisotopic (exact) mass is 365 g/mol. The fourth-order valence-electron chi connectivity index (χ4n) is 2.81. The molecule has 2 N–H and O–H groups in total. The van der Waals surface area contributed by atoms with Gasteiger partial charge in [0, 0.05) is 36.7 Å². The lowest BCUT2D eigenvalue weighted by atomic mass is 10.2. The number of nitrogens with two attached hydrogens (primary N) is 1. The van der Waals surface area contributed by atoms with E-state index in [0.29, 0.717) is 31.1 Å². The van der Waals surface area contributed by atoms with Gasteiger partial charge in [-0.25, -0.2) is 8.42 Å². The van der Waals surface area contributed by atoms with E-state index in [1.54, 1.807) is 6.92 Å². The number of para-hydroxylation sites is 1. The number of carbonyl (C=O) groups is 1. The Morgan fingerprint density at radius 1 is 1.12 bits per heavy atom. The summed E-state index contributed by atoms with van der Waals surface area (Å²) < 4.78 is 27.2. The van der Waals surface area contributed by atoms with E-state index in [1.165, 1.54) is 10.4 Å². The highest BCUT2D eigenvalue weighted by molar-refractivity contribution is 7.89. The number of hydrogen-bond donors (Lipinski definition) is 1. The topological polar surface area (TPSA) is 83.7 Å². The van der Waals surface area contributed by atoms with Crippen molar-refractivity contribution in [3.63, 3.8) is 0 Å². The molecule has 0 bridgehead atoms. The molecule has 1 amide bonds. The zero-order valence-corrected chi connectivity index (χ0v) is 14.9. The Bertz CT molecular complexity index is 839. The fourth-order valence-corrected chi connectivity index (χ4v) is 5.64. The summed E-state index contributed by atoms with van der Waals surface area (Å²) in [6.07, 6.45) is 0. The molecule has 0 unspecified atom stereocenters. The van der Waals surface area contributed by atoms with E-state index in [1.807, 2.05) is 30.3 Å². The number of thiophene rings is 1. The summed E-state index contributed by atoms with van der Waals surface area (Å²) in [5.41, 5.74) is 6.35. The molecule has 2 aromatic rings. The van der Waals surface area contributed by atoms with E-state index in [0.717, 1.165) is 17.0 Å². The predicted octanol–water partition coefficient (Wildman–Crippen LogP) is 1.67. The highest BCUT2D eigenvalue weighted by Crippen LogP contribution is 2.29. The molecule has 6 nitrogen and oxygen atoms in total. The summed E-state index contributed by atoms with van der Waals surface area (Å²) in [4.78, 5) is 14.5. The standard InChI is InChI=1S/C16H19N3O3S2/c1-12-15(11-14(23-12)16(17)20)24(21,22)19-9-7-18(8-10-19)13-5-3-2-4-6-13/h2-6,11H,7-10H2,1H3,(H2,17,20). The minimum Gasteiger partial charge on any atom is -0.369 e. The lowest BCUT2D eigenvalue weighted by Crippen LogP contribution is -2.48. The van der Waals surface area contributed by atoms with Crippen molar-refractivity contribution in [2.75, 3.05) is 31.1 Å². The zero-order chi connectivity index (χ0) is 17.3. The van der Waals surface area contributed by atoms with E-state index in [2.05, 4.69) is 4.90 Å². The van der Waals surface area contributed by atoms with Crippen LogP contribution in [0.3, 0.4) is 0 Å². The summed E-state index contributed by atoms with van der Waals surface area (Å²) in [6, 6.07) is 11.3. The summed E-state index contributed by atoms with van der Waals surface area (Å²) in [7, 11) is -3.60. The number of piperazine rings is 1. The van der Waals surface area contributed by atoms with E-state index in [-0.39, 0.29) is 9.77 Å². The van der Waals surface area contributed by atoms with Crippen molar-refractivity contribution in [3.05, 3.63) is 46.2 Å². The molecule has 128 valence electrons. The molecule has 24 heavy (non-hydrogen) atoms. The quantitative estimate of drug-likeness (QED) is 0.893. The van der Waals surface area contributed by atoms with Gasteiger partial charge in [-0.2, -0.15) is 4.31 Å². The molecule has 0 aliphatic carbocycles. The Morgan fingerprint density at radius 2 is 1.75 bits per heavy atom. The molecular weight excluding hydrogens is 346 g/mol. The molecule has 1 fully saturated rings. The lowest BCUT2D eigenvalue weighted by molar-refractivity contribution is 0.100. The predicted molar refractivity (Wildman–Crippen MR) is 95.0 cm³/mol. The second kappa shape index (κ2) is 6.54. The lowest BCUT2D eigenvalue weighted by Gasteiger charge is -2.35. The summed E-state index contributed by atoms with van der Waals surface area (Å²) in [5, 5.41) is 0. The number of carbonyl (C=O) groups excluding carboxylic acids is 1. The number of aryl methyl sites for hydroxylation is 1. The average Bonchev–Trinajstić information content (AvgIpc) is 2.99. The third-order valence-electron chi connectivity index (χ3n) is 4.09. The van der Waals surface area contributed by atoms with Crippen molar-refractivity contribution in [3.8, 4) is 0 Å². The average molecular weight is 365 g/mol. The van der Waals surface area contributed by atoms with Crippen molar-refractivity contribution >= 4 is 33.0 Å². The van der Waals surface area contributed by atoms with E-state index in [9.17, 15) is 13.2 Å². The molecule has 2 heterocycles. The third-order valence-corrected chi connectivity index (χ3v) is 7.31. The molecule has 1 aliphatic rings. The van der Waals surface area contributed by atoms with Gasteiger partial charge in [0.15, 0.2) is 0 Å². The maximum Gasteiger partial charge on any atom is 0.258 e. The van der Waals surface area contributed by atoms with Gasteiger partial charge in [0.2, 0.25) is 10.0 Å². The van der Waals surface area contributed by atoms with Crippen molar-refractivity contribution in [1.82, 2.24) is 4.31 Å². The molecule has 0 saturated carbocycles. The Hall–Kier alpha value is -1.90. The largest absolute Gasteiger partial charge is 0.369 e. The van der Waals surface area contributed by atoms with Gasteiger partial charge in [0.05, 0.1) is 9.77 Å². The SMILES string of the molecule is Cc1sc(C(N)=O)cc1S(=O)(=O)N1CCN(c2ccccc2)CC1. The Labute approximate surface area is 145 Å². The fraction of sp³-hybridized carbons (Fsp3) is 0.312. The third kappa shape index (κ3) is 3.17. The molecule has 0 atom stereocenters. The maximum absolute atomic E-state index is 12.8. The number of hydrogen-bond acceptors (Lipinski definition) is 5. The van der Waals surface area contributed by atoms with E-state index < -0.39 is 15.9 Å². The van der Waals surface area contributed by atoms with Crippen LogP contribution in [0.5, 0.6) is 0 Å². The van der Waals surface area contributed by atoms with Crippen LogP contribution in [-0.2, 0) is 10.0 Å². The minimum atomic E-state index is -3.60. The number of anilines is 1. The van der Waals surface area contributed by atoms with Crippen LogP contribution in [0.2, 0.25) is 0 Å². The molecular formula is C16H19N3O3S2. The normalized spacial score (nSPS) is 16.3. The maximum atomic E-state index is 12.8. The van der Waals surface area contributed by atoms with Gasteiger partial charge in [0.25, 0.3) is 5.91 Å². The second-order valence-corrected chi connectivity index (χ2v) is 8.78. The summed E-state index contributed by atoms with van der Waals surface area (Å²) in [6.45, 7) is 3.80. The molecule has 1 aliphatic heterocycles. The molecule has 1 aromatic heterocycles. The van der Waals surface area contributed by atoms with Crippen LogP contribution in [0, 0.1) is 6.92 Å². The van der Waals surface area contributed by atoms with Gasteiger partial charge in [-0.05, 0) is 25.1 Å². The first-order valence-electron chi connectivity index (χ1n) is 7.60. The first-order chi connectivity index (χ1) is 11.4. The van der Waals surface area contributed by atoms with Gasteiger partial charge in [0.1, 0.15) is 0 Å². The van der Waals surface area contributed by atoms with Crippen LogP contribution in [0.4, 0.5) is 5.69 Å². The van der Waals surface area contributed by atoms with Gasteiger partial charge in [-0.3, -0.25) is 4.79 Å². The Balaban J connectivity index is 1.77. The Morgan fingerprint density at radius 3 is 2.29 bits per heavy atom. The van der Waals surface area contributed by atoms with Crippen LogP contribution in [-0.4, -0.2) is 44.8 Å². The number of sulfonamides is 1. The van der Waals surface area contributed by atoms with Crippen LogP contribution in [0.15, 0.2) is 41.3 Å². The van der Waals surface area contributed by atoms with Crippen molar-refractivity contribution in [2.45, 2.75) is 11.8 Å². The Kier molecular flexibility index (Phi) is 4.62. The molecule has 8 heteroatoms. The molecule has 0 spiro atoms. The molecule has 3 rings (SSSR count). The van der Waals surface area contributed by atoms with E-state index >= 15 is 0 Å². The number of primary amides is 1. The first kappa shape index (κ1) is 16.9. The summed E-state index contributed by atoms with van der Waals surface area (Å²) >= 11 is 1.12. The highest BCUT2D eigenvalue weighted by Gasteiger charge is 2.31. The van der Waals surface area contributed by atoms with Gasteiger partial charge >= 0.3 is 0 Å². The van der Waals surface area contributed by atoms with Crippen LogP contribution < -0.4 is 10.6 Å². The number of nitrogens with zero attached hydrogens (tertiary/aromatic N) is 2. The molecule has 1 saturated heterocycles. The van der Waals surface area contributed by atoms with Gasteiger partial charge < -0.3 is 10.6 Å². The molecule has 0 radical (unpaired) electrons. The first-order valence-corrected chi connectivity index (χ1v) is 9.85. The second-order valence-electron chi connectivity index (χ2n) is 5.62. The number of amides is 1. The van der Waals surface area contributed by atoms with Crippen LogP contribution in [0.25, 0.3) is 0 Å². The minimum absolute atomic E-state index is 0.189. The van der Waals surface area contributed by atoms with Crippen molar-refractivity contribution in [2.24, 2.45) is 5.73 Å². The van der Waals surface area contributed by atoms with Crippen LogP contribution >= 0.6 is 11.3 Å². The van der Waals surface area contributed by atoms with E-state index in [4.69, 9.17) is 5.73 Å². The smallest absolute Gasteiger partial charge is 0.258 e. The molecule has 1 aromatic carbocycles. The number of benzene rings is 1.